The molecule has 0 saturated carbocycles. The molecule has 0 aliphatic rings. The lowest BCUT2D eigenvalue weighted by Gasteiger charge is -2.05. The van der Waals surface area contributed by atoms with Gasteiger partial charge in [-0.3, -0.25) is 0 Å². The van der Waals surface area contributed by atoms with Gasteiger partial charge in [-0.05, 0) is 19.4 Å². The molecule has 0 amide bonds. The molecule has 1 aromatic rings. The normalized spacial score (nSPS) is 11.4. The first-order valence-corrected chi connectivity index (χ1v) is 4.71. The highest BCUT2D eigenvalue weighted by atomic mass is 16.5. The fourth-order valence-corrected chi connectivity index (χ4v) is 1.11. The molecule has 0 N–H and O–H groups in total. The Morgan fingerprint density at radius 3 is 3.14 bits per heavy atom. The third-order valence-corrected chi connectivity index (χ3v) is 1.80. The van der Waals surface area contributed by atoms with E-state index in [1.54, 1.807) is 12.3 Å². The Kier molecular flexibility index (Phi) is 4.55. The Hall–Kier alpha value is -1.51. The fourth-order valence-electron chi connectivity index (χ4n) is 1.11. The molecule has 0 radical (unpaired) electrons. The summed E-state index contributed by atoms with van der Waals surface area (Å²) in [5, 5.41) is 0. The molecule has 3 heteroatoms. The van der Waals surface area contributed by atoms with Gasteiger partial charge in [0.1, 0.15) is 0 Å². The quantitative estimate of drug-likeness (QED) is 0.393. The number of aromatic nitrogens is 2. The summed E-state index contributed by atoms with van der Waals surface area (Å²) in [6.45, 7) is 7.21. The molecule has 0 spiro atoms. The molecule has 0 bridgehead atoms. The van der Waals surface area contributed by atoms with Crippen LogP contribution in [-0.4, -0.2) is 16.2 Å². The minimum atomic E-state index is 0.731. The second-order valence-corrected chi connectivity index (χ2v) is 3.02. The van der Waals surface area contributed by atoms with Gasteiger partial charge in [0, 0.05) is 18.9 Å². The van der Waals surface area contributed by atoms with Gasteiger partial charge in [-0.1, -0.05) is 12.7 Å². The van der Waals surface area contributed by atoms with Gasteiger partial charge in [-0.15, -0.1) is 0 Å². The van der Waals surface area contributed by atoms with E-state index >= 15 is 0 Å². The van der Waals surface area contributed by atoms with Crippen LogP contribution < -0.4 is 0 Å². The molecule has 0 unspecified atom stereocenters. The number of nitrogens with zero attached hydrogens (tertiary/aromatic N) is 2. The highest BCUT2D eigenvalue weighted by molar-refractivity contribution is 5.01. The van der Waals surface area contributed by atoms with Crippen LogP contribution >= 0.6 is 0 Å². The van der Waals surface area contributed by atoms with Gasteiger partial charge in [0.2, 0.25) is 0 Å². The summed E-state index contributed by atoms with van der Waals surface area (Å²) < 4.78 is 7.47. The van der Waals surface area contributed by atoms with Crippen molar-refractivity contribution < 1.29 is 4.74 Å². The molecule has 14 heavy (non-hydrogen) atoms. The summed E-state index contributed by atoms with van der Waals surface area (Å²) in [6.07, 6.45) is 10.1. The van der Waals surface area contributed by atoms with E-state index in [4.69, 9.17) is 4.74 Å². The molecular formula is C11H16N2O. The molecule has 1 heterocycles. The lowest BCUT2D eigenvalue weighted by atomic mass is 10.4. The average Bonchev–Trinajstić information content (AvgIpc) is 2.65. The number of ether oxygens (including phenoxy) is 1. The standard InChI is InChI=1S/C11H16N2O/c1-3-5-11(2)14-9-4-7-13-8-6-12-10-13/h3,5-6,8,10H,1,4,7,9H2,2H3/b11-5+. The lowest BCUT2D eigenvalue weighted by molar-refractivity contribution is 0.205. The first-order chi connectivity index (χ1) is 6.83. The lowest BCUT2D eigenvalue weighted by Crippen LogP contribution is -1.99. The predicted molar refractivity (Wildman–Crippen MR) is 56.8 cm³/mol. The molecule has 3 nitrogen and oxygen atoms in total. The van der Waals surface area contributed by atoms with Crippen molar-refractivity contribution in [2.75, 3.05) is 6.61 Å². The van der Waals surface area contributed by atoms with Crippen molar-refractivity contribution in [2.45, 2.75) is 19.9 Å². The third-order valence-electron chi connectivity index (χ3n) is 1.80. The Bertz CT molecular complexity index is 288. The van der Waals surface area contributed by atoms with Crippen LogP contribution in [0.5, 0.6) is 0 Å². The van der Waals surface area contributed by atoms with Crippen molar-refractivity contribution in [1.82, 2.24) is 9.55 Å². The van der Waals surface area contributed by atoms with Gasteiger partial charge >= 0.3 is 0 Å². The van der Waals surface area contributed by atoms with Gasteiger partial charge in [0.05, 0.1) is 18.7 Å². The predicted octanol–water partition coefficient (Wildman–Crippen LogP) is 2.38. The van der Waals surface area contributed by atoms with E-state index < -0.39 is 0 Å². The van der Waals surface area contributed by atoms with Gasteiger partial charge in [0.15, 0.2) is 0 Å². The average molecular weight is 192 g/mol. The van der Waals surface area contributed by atoms with Crippen molar-refractivity contribution in [3.8, 4) is 0 Å². The Morgan fingerprint density at radius 2 is 2.50 bits per heavy atom. The van der Waals surface area contributed by atoms with E-state index in [9.17, 15) is 0 Å². The summed E-state index contributed by atoms with van der Waals surface area (Å²) in [4.78, 5) is 3.96. The highest BCUT2D eigenvalue weighted by Gasteiger charge is 1.91. The molecule has 0 saturated heterocycles. The monoisotopic (exact) mass is 192 g/mol. The summed E-state index contributed by atoms with van der Waals surface area (Å²) in [5.41, 5.74) is 0. The van der Waals surface area contributed by atoms with Crippen molar-refractivity contribution in [2.24, 2.45) is 0 Å². The van der Waals surface area contributed by atoms with Gasteiger partial charge in [-0.25, -0.2) is 4.98 Å². The smallest absolute Gasteiger partial charge is 0.0945 e. The van der Waals surface area contributed by atoms with Gasteiger partial charge in [-0.2, -0.15) is 0 Å². The van der Waals surface area contributed by atoms with E-state index in [2.05, 4.69) is 11.6 Å². The Balaban J connectivity index is 2.11. The molecule has 0 aliphatic carbocycles. The number of imidazole rings is 1. The zero-order valence-corrected chi connectivity index (χ0v) is 8.52. The van der Waals surface area contributed by atoms with Gasteiger partial charge in [0.25, 0.3) is 0 Å². The van der Waals surface area contributed by atoms with Crippen molar-refractivity contribution in [3.05, 3.63) is 43.2 Å². The molecule has 0 atom stereocenters. The van der Waals surface area contributed by atoms with Crippen LogP contribution in [0.25, 0.3) is 0 Å². The van der Waals surface area contributed by atoms with Gasteiger partial charge < -0.3 is 9.30 Å². The van der Waals surface area contributed by atoms with Crippen LogP contribution in [0.4, 0.5) is 0 Å². The summed E-state index contributed by atoms with van der Waals surface area (Å²) in [6, 6.07) is 0. The number of hydrogen-bond acceptors (Lipinski definition) is 2. The van der Waals surface area contributed by atoms with Crippen LogP contribution in [0, 0.1) is 0 Å². The summed E-state index contributed by atoms with van der Waals surface area (Å²) >= 11 is 0. The third kappa shape index (κ3) is 3.94. The zero-order valence-electron chi connectivity index (χ0n) is 8.52. The zero-order chi connectivity index (χ0) is 10.2. The van der Waals surface area contributed by atoms with E-state index in [1.807, 2.05) is 30.1 Å². The Labute approximate surface area is 84.7 Å². The maximum absolute atomic E-state index is 5.44. The second-order valence-electron chi connectivity index (χ2n) is 3.02. The number of aryl methyl sites for hydroxylation is 1. The summed E-state index contributed by atoms with van der Waals surface area (Å²) in [5.74, 6) is 0.908. The first kappa shape index (κ1) is 10.6. The number of allylic oxidation sites excluding steroid dienone is 3. The number of rotatable bonds is 6. The molecule has 0 aromatic carbocycles. The largest absolute Gasteiger partial charge is 0.498 e. The SMILES string of the molecule is C=C/C=C(\C)OCCCn1ccnc1. The van der Waals surface area contributed by atoms with Crippen LogP contribution in [0.2, 0.25) is 0 Å². The van der Waals surface area contributed by atoms with E-state index in [1.165, 1.54) is 0 Å². The minimum Gasteiger partial charge on any atom is -0.498 e. The molecule has 0 aliphatic heterocycles. The van der Waals surface area contributed by atoms with Crippen LogP contribution in [0.1, 0.15) is 13.3 Å². The summed E-state index contributed by atoms with van der Waals surface area (Å²) in [7, 11) is 0. The van der Waals surface area contributed by atoms with Crippen LogP contribution in [0.15, 0.2) is 43.2 Å². The maximum atomic E-state index is 5.44. The van der Waals surface area contributed by atoms with Crippen LogP contribution in [0.3, 0.4) is 0 Å². The maximum Gasteiger partial charge on any atom is 0.0945 e. The van der Waals surface area contributed by atoms with Crippen molar-refractivity contribution in [1.29, 1.82) is 0 Å². The van der Waals surface area contributed by atoms with E-state index in [-0.39, 0.29) is 0 Å². The fraction of sp³-hybridized carbons (Fsp3) is 0.364. The second kappa shape index (κ2) is 6.02. The minimum absolute atomic E-state index is 0.731. The molecular weight excluding hydrogens is 176 g/mol. The molecule has 0 fully saturated rings. The highest BCUT2D eigenvalue weighted by Crippen LogP contribution is 1.98. The Morgan fingerprint density at radius 1 is 1.64 bits per heavy atom. The molecule has 76 valence electrons. The van der Waals surface area contributed by atoms with Crippen LogP contribution in [-0.2, 0) is 11.3 Å². The molecule has 1 rings (SSSR count). The topological polar surface area (TPSA) is 27.1 Å². The molecule has 1 aromatic heterocycles. The van der Waals surface area contributed by atoms with Crippen molar-refractivity contribution in [3.63, 3.8) is 0 Å². The number of hydrogen-bond donors (Lipinski definition) is 0. The van der Waals surface area contributed by atoms with E-state index in [0.29, 0.717) is 0 Å². The van der Waals surface area contributed by atoms with E-state index in [0.717, 1.165) is 25.3 Å². The first-order valence-electron chi connectivity index (χ1n) is 4.71. The van der Waals surface area contributed by atoms with Crippen molar-refractivity contribution >= 4 is 0 Å².